The van der Waals surface area contributed by atoms with Gasteiger partial charge in [-0.05, 0) is 64.2 Å². The number of carbonyl (C=O) groups is 2. The average Bonchev–Trinajstić information content (AvgIpc) is 2.80. The standard InChI is InChI=1S/C23H34ClF4N3O4/c24-16-3-2-15(11-17(16)25)34-13-18(32)30-21-5-8-22(9-6-21,10-7-21)31-20(33)14-1-4-19(29-12-14)35-23(26,27)28/h14-17,19,29H,1-13H2,(H,30,32)(H,31,33). The van der Waals surface area contributed by atoms with Crippen molar-refractivity contribution < 1.29 is 36.6 Å². The highest BCUT2D eigenvalue weighted by molar-refractivity contribution is 6.21. The van der Waals surface area contributed by atoms with Crippen LogP contribution in [0.1, 0.15) is 70.6 Å². The molecular formula is C23H34ClF4N3O4. The summed E-state index contributed by atoms with van der Waals surface area (Å²) < 4.78 is 60.5. The van der Waals surface area contributed by atoms with Gasteiger partial charge in [-0.25, -0.2) is 4.39 Å². The first-order valence-corrected chi connectivity index (χ1v) is 12.9. The lowest BCUT2D eigenvalue weighted by molar-refractivity contribution is -0.348. The third-order valence-electron chi connectivity index (χ3n) is 8.15. The molecule has 0 radical (unpaired) electrons. The van der Waals surface area contributed by atoms with E-state index in [2.05, 4.69) is 20.7 Å². The monoisotopic (exact) mass is 527 g/mol. The van der Waals surface area contributed by atoms with Crippen molar-refractivity contribution in [3.05, 3.63) is 0 Å². The Labute approximate surface area is 207 Å². The van der Waals surface area contributed by atoms with Crippen LogP contribution < -0.4 is 16.0 Å². The first-order valence-electron chi connectivity index (χ1n) is 12.5. The van der Waals surface area contributed by atoms with E-state index in [1.54, 1.807) is 0 Å². The van der Waals surface area contributed by atoms with Crippen LogP contribution >= 0.6 is 11.6 Å². The summed E-state index contributed by atoms with van der Waals surface area (Å²) in [6.45, 7) is 0.0278. The summed E-state index contributed by atoms with van der Waals surface area (Å²) in [6, 6.07) is 0. The summed E-state index contributed by atoms with van der Waals surface area (Å²) in [4.78, 5) is 25.4. The summed E-state index contributed by atoms with van der Waals surface area (Å²) in [5.74, 6) is -0.760. The molecule has 0 aromatic heterocycles. The van der Waals surface area contributed by atoms with Gasteiger partial charge in [0.15, 0.2) is 0 Å². The lowest BCUT2D eigenvalue weighted by atomic mass is 9.61. The second-order valence-corrected chi connectivity index (χ2v) is 11.2. The fourth-order valence-corrected chi connectivity index (χ4v) is 6.19. The van der Waals surface area contributed by atoms with Gasteiger partial charge in [0.25, 0.3) is 0 Å². The SMILES string of the molecule is O=C(COC1CCC(Cl)C(F)C1)NC12CCC(NC(=O)C3CCC(OC(F)(F)F)NC3)(CC1)CC2. The van der Waals surface area contributed by atoms with E-state index in [9.17, 15) is 27.2 Å². The Bertz CT molecular complexity index is 754. The molecule has 1 aliphatic heterocycles. The van der Waals surface area contributed by atoms with E-state index in [-0.39, 0.29) is 55.0 Å². The van der Waals surface area contributed by atoms with Gasteiger partial charge >= 0.3 is 6.36 Å². The number of carbonyl (C=O) groups excluding carboxylic acids is 2. The second kappa shape index (κ2) is 10.7. The molecule has 5 fully saturated rings. The summed E-state index contributed by atoms with van der Waals surface area (Å²) in [7, 11) is 0. The molecule has 2 amide bonds. The maximum Gasteiger partial charge on any atom is 0.524 e. The van der Waals surface area contributed by atoms with Crippen molar-refractivity contribution in [1.82, 2.24) is 16.0 Å². The van der Waals surface area contributed by atoms with Gasteiger partial charge in [0.2, 0.25) is 11.8 Å². The maximum atomic E-state index is 13.8. The molecule has 4 saturated carbocycles. The van der Waals surface area contributed by atoms with E-state index < -0.39 is 30.1 Å². The molecule has 200 valence electrons. The van der Waals surface area contributed by atoms with Crippen LogP contribution in [0.15, 0.2) is 0 Å². The molecule has 0 aromatic carbocycles. The molecule has 35 heavy (non-hydrogen) atoms. The fraction of sp³-hybridized carbons (Fsp3) is 0.913. The topological polar surface area (TPSA) is 88.7 Å². The summed E-state index contributed by atoms with van der Waals surface area (Å²) in [5, 5.41) is 8.48. The molecule has 3 N–H and O–H groups in total. The van der Waals surface area contributed by atoms with Crippen LogP contribution in [0.4, 0.5) is 17.6 Å². The van der Waals surface area contributed by atoms with Crippen LogP contribution in [0.3, 0.4) is 0 Å². The maximum absolute atomic E-state index is 13.8. The number of hydrogen-bond acceptors (Lipinski definition) is 5. The molecule has 12 heteroatoms. The van der Waals surface area contributed by atoms with Crippen LogP contribution in [0.25, 0.3) is 0 Å². The lowest BCUT2D eigenvalue weighted by Gasteiger charge is -2.54. The largest absolute Gasteiger partial charge is 0.524 e. The van der Waals surface area contributed by atoms with E-state index in [0.29, 0.717) is 19.3 Å². The molecule has 5 aliphatic rings. The van der Waals surface area contributed by atoms with Crippen molar-refractivity contribution in [3.63, 3.8) is 0 Å². The number of nitrogens with one attached hydrogen (secondary N) is 3. The Morgan fingerprint density at radius 2 is 1.60 bits per heavy atom. The number of amides is 2. The van der Waals surface area contributed by atoms with Crippen molar-refractivity contribution in [2.24, 2.45) is 5.92 Å². The lowest BCUT2D eigenvalue weighted by Crippen LogP contribution is -2.65. The Morgan fingerprint density at radius 3 is 2.14 bits per heavy atom. The minimum Gasteiger partial charge on any atom is -0.368 e. The van der Waals surface area contributed by atoms with Gasteiger partial charge < -0.3 is 15.4 Å². The van der Waals surface area contributed by atoms with Crippen molar-refractivity contribution >= 4 is 23.4 Å². The molecule has 2 bridgehead atoms. The van der Waals surface area contributed by atoms with Crippen molar-refractivity contribution in [2.75, 3.05) is 13.2 Å². The fourth-order valence-electron chi connectivity index (χ4n) is 5.96. The smallest absolute Gasteiger partial charge is 0.368 e. The Balaban J connectivity index is 1.19. The summed E-state index contributed by atoms with van der Waals surface area (Å²) in [5.41, 5.74) is -0.659. The van der Waals surface area contributed by atoms with Gasteiger partial charge in [-0.15, -0.1) is 24.8 Å². The van der Waals surface area contributed by atoms with Gasteiger partial charge in [-0.2, -0.15) is 0 Å². The first-order chi connectivity index (χ1) is 16.5. The van der Waals surface area contributed by atoms with Crippen LogP contribution in [0.2, 0.25) is 0 Å². The van der Waals surface area contributed by atoms with Gasteiger partial charge in [0, 0.05) is 24.0 Å². The van der Waals surface area contributed by atoms with E-state index >= 15 is 0 Å². The third kappa shape index (κ3) is 6.99. The minimum atomic E-state index is -4.70. The number of alkyl halides is 5. The van der Waals surface area contributed by atoms with E-state index in [1.165, 1.54) is 0 Å². The van der Waals surface area contributed by atoms with Gasteiger partial charge in [-0.1, -0.05) is 0 Å². The second-order valence-electron chi connectivity index (χ2n) is 10.6. The molecule has 5 rings (SSSR count). The number of piperidine rings is 1. The number of hydrogen-bond donors (Lipinski definition) is 3. The Morgan fingerprint density at radius 1 is 0.971 bits per heavy atom. The Hall–Kier alpha value is -1.17. The minimum absolute atomic E-state index is 0.109. The van der Waals surface area contributed by atoms with E-state index in [1.807, 2.05) is 0 Å². The molecule has 0 aromatic rings. The molecule has 5 atom stereocenters. The molecule has 1 heterocycles. The highest BCUT2D eigenvalue weighted by Gasteiger charge is 2.50. The van der Waals surface area contributed by atoms with E-state index in [0.717, 1.165) is 38.5 Å². The molecular weight excluding hydrogens is 494 g/mol. The zero-order valence-corrected chi connectivity index (χ0v) is 20.4. The Kier molecular flexibility index (Phi) is 8.20. The molecule has 4 aliphatic carbocycles. The van der Waals surface area contributed by atoms with Crippen LogP contribution in [0.5, 0.6) is 0 Å². The quantitative estimate of drug-likeness (QED) is 0.349. The zero-order valence-electron chi connectivity index (χ0n) is 19.6. The zero-order chi connectivity index (χ0) is 25.3. The van der Waals surface area contributed by atoms with Gasteiger partial charge in [-0.3, -0.25) is 19.6 Å². The molecule has 1 saturated heterocycles. The molecule has 7 nitrogen and oxygen atoms in total. The molecule has 5 unspecified atom stereocenters. The van der Waals surface area contributed by atoms with Gasteiger partial charge in [0.1, 0.15) is 19.0 Å². The molecule has 0 spiro atoms. The van der Waals surface area contributed by atoms with Gasteiger partial charge in [0.05, 0.1) is 17.4 Å². The van der Waals surface area contributed by atoms with Crippen LogP contribution in [0, 0.1) is 5.92 Å². The number of halogens is 5. The van der Waals surface area contributed by atoms with E-state index in [4.69, 9.17) is 16.3 Å². The van der Waals surface area contributed by atoms with Crippen molar-refractivity contribution in [3.8, 4) is 0 Å². The third-order valence-corrected chi connectivity index (χ3v) is 8.64. The normalized spacial score (nSPS) is 39.7. The van der Waals surface area contributed by atoms with Crippen molar-refractivity contribution in [1.29, 1.82) is 0 Å². The average molecular weight is 528 g/mol. The summed E-state index contributed by atoms with van der Waals surface area (Å²) in [6.07, 6.45) is -1.05. The summed E-state index contributed by atoms with van der Waals surface area (Å²) >= 11 is 5.90. The predicted octanol–water partition coefficient (Wildman–Crippen LogP) is 3.44. The predicted molar refractivity (Wildman–Crippen MR) is 119 cm³/mol. The highest BCUT2D eigenvalue weighted by atomic mass is 35.5. The first kappa shape index (κ1) is 26.9. The number of ether oxygens (including phenoxy) is 2. The highest BCUT2D eigenvalue weighted by Crippen LogP contribution is 2.47. The van der Waals surface area contributed by atoms with Crippen LogP contribution in [-0.4, -0.2) is 66.3 Å². The number of rotatable bonds is 7. The number of fused-ring (bicyclic) bond motifs is 3. The van der Waals surface area contributed by atoms with Crippen LogP contribution in [-0.2, 0) is 19.1 Å². The van der Waals surface area contributed by atoms with Crippen molar-refractivity contribution in [2.45, 2.75) is 112 Å².